The maximum atomic E-state index is 13.6. The van der Waals surface area contributed by atoms with E-state index in [-0.39, 0.29) is 5.56 Å². The number of esters is 1. The molecule has 0 saturated heterocycles. The van der Waals surface area contributed by atoms with Crippen molar-refractivity contribution in [1.29, 1.82) is 0 Å². The Kier molecular flexibility index (Phi) is 5.23. The van der Waals surface area contributed by atoms with Gasteiger partial charge in [0.05, 0.1) is 12.7 Å². The Labute approximate surface area is 111 Å². The summed E-state index contributed by atoms with van der Waals surface area (Å²) >= 11 is 0. The monoisotopic (exact) mass is 264 g/mol. The van der Waals surface area contributed by atoms with E-state index in [1.54, 1.807) is 13.3 Å². The molecule has 1 aromatic rings. The second-order valence-electron chi connectivity index (χ2n) is 3.90. The van der Waals surface area contributed by atoms with Crippen molar-refractivity contribution in [3.05, 3.63) is 40.8 Å². The van der Waals surface area contributed by atoms with Gasteiger partial charge in [0.2, 0.25) is 0 Å². The lowest BCUT2D eigenvalue weighted by atomic mass is 10.0. The van der Waals surface area contributed by atoms with E-state index < -0.39 is 11.8 Å². The first-order valence-electron chi connectivity index (χ1n) is 5.83. The number of ether oxygens (including phenoxy) is 1. The van der Waals surface area contributed by atoms with Crippen molar-refractivity contribution >= 4 is 17.8 Å². The van der Waals surface area contributed by atoms with Gasteiger partial charge in [-0.05, 0) is 30.2 Å². The van der Waals surface area contributed by atoms with E-state index in [4.69, 9.17) is 5.73 Å². The molecule has 0 aliphatic rings. The summed E-state index contributed by atoms with van der Waals surface area (Å²) in [5.41, 5.74) is 7.72. The molecule has 0 unspecified atom stereocenters. The molecule has 19 heavy (non-hydrogen) atoms. The molecule has 0 aromatic heterocycles. The van der Waals surface area contributed by atoms with Crippen LogP contribution in [0.4, 0.5) is 4.39 Å². The molecular formula is C14H17FN2O2. The van der Waals surface area contributed by atoms with Crippen LogP contribution in [0.2, 0.25) is 0 Å². The highest BCUT2D eigenvalue weighted by molar-refractivity contribution is 6.11. The maximum Gasteiger partial charge on any atom is 0.337 e. The molecular weight excluding hydrogens is 247 g/mol. The van der Waals surface area contributed by atoms with E-state index in [1.165, 1.54) is 19.2 Å². The SMILES string of the molecule is CC/C(N)=C(/C=NC)c1cc(F)cc(C(=O)OC)c1. The Hall–Kier alpha value is -2.17. The van der Waals surface area contributed by atoms with Gasteiger partial charge in [0.1, 0.15) is 5.82 Å². The molecule has 0 spiro atoms. The summed E-state index contributed by atoms with van der Waals surface area (Å²) in [7, 11) is 2.85. The summed E-state index contributed by atoms with van der Waals surface area (Å²) in [5, 5.41) is 0. The number of benzene rings is 1. The fraction of sp³-hybridized carbons (Fsp3) is 0.286. The molecule has 0 radical (unpaired) electrons. The molecule has 0 heterocycles. The Bertz CT molecular complexity index is 536. The van der Waals surface area contributed by atoms with Crippen LogP contribution in [0, 0.1) is 5.82 Å². The third-order valence-corrected chi connectivity index (χ3v) is 2.61. The molecule has 1 rings (SSSR count). The second kappa shape index (κ2) is 6.68. The third-order valence-electron chi connectivity index (χ3n) is 2.61. The van der Waals surface area contributed by atoms with Crippen molar-refractivity contribution in [1.82, 2.24) is 0 Å². The van der Waals surface area contributed by atoms with Crippen molar-refractivity contribution in [2.24, 2.45) is 10.7 Å². The highest BCUT2D eigenvalue weighted by atomic mass is 19.1. The minimum absolute atomic E-state index is 0.142. The van der Waals surface area contributed by atoms with Crippen LogP contribution in [-0.4, -0.2) is 26.3 Å². The molecule has 5 heteroatoms. The third kappa shape index (κ3) is 3.64. The van der Waals surface area contributed by atoms with Gasteiger partial charge >= 0.3 is 5.97 Å². The zero-order valence-corrected chi connectivity index (χ0v) is 11.2. The quantitative estimate of drug-likeness (QED) is 0.670. The Balaban J connectivity index is 3.40. The standard InChI is InChI=1S/C14H17FN2O2/c1-4-13(16)12(8-17-2)9-5-10(14(18)19-3)7-11(15)6-9/h5-8H,4,16H2,1-3H3/b13-12+,17-8?. The van der Waals surface area contributed by atoms with Crippen LogP contribution in [0.5, 0.6) is 0 Å². The number of aliphatic imine (C=N–C) groups is 1. The Morgan fingerprint density at radius 1 is 1.42 bits per heavy atom. The lowest BCUT2D eigenvalue weighted by Crippen LogP contribution is -2.06. The molecule has 2 N–H and O–H groups in total. The van der Waals surface area contributed by atoms with Gasteiger partial charge < -0.3 is 10.5 Å². The van der Waals surface area contributed by atoms with Crippen LogP contribution in [0.3, 0.4) is 0 Å². The van der Waals surface area contributed by atoms with Crippen LogP contribution in [-0.2, 0) is 4.74 Å². The van der Waals surface area contributed by atoms with Gasteiger partial charge in [0.25, 0.3) is 0 Å². The molecule has 0 fully saturated rings. The molecule has 102 valence electrons. The number of allylic oxidation sites excluding steroid dienone is 2. The van der Waals surface area contributed by atoms with Crippen molar-refractivity contribution < 1.29 is 13.9 Å². The smallest absolute Gasteiger partial charge is 0.337 e. The number of methoxy groups -OCH3 is 1. The van der Waals surface area contributed by atoms with Gasteiger partial charge in [0.15, 0.2) is 0 Å². The minimum Gasteiger partial charge on any atom is -0.465 e. The first-order valence-corrected chi connectivity index (χ1v) is 5.83. The fourth-order valence-electron chi connectivity index (χ4n) is 1.64. The van der Waals surface area contributed by atoms with Crippen molar-refractivity contribution in [2.75, 3.05) is 14.2 Å². The molecule has 4 nitrogen and oxygen atoms in total. The van der Waals surface area contributed by atoms with Crippen LogP contribution < -0.4 is 5.73 Å². The van der Waals surface area contributed by atoms with Gasteiger partial charge in [-0.25, -0.2) is 9.18 Å². The van der Waals surface area contributed by atoms with E-state index in [9.17, 15) is 9.18 Å². The normalized spacial score (nSPS) is 12.4. The van der Waals surface area contributed by atoms with Gasteiger partial charge in [-0.1, -0.05) is 6.92 Å². The highest BCUT2D eigenvalue weighted by Crippen LogP contribution is 2.20. The van der Waals surface area contributed by atoms with Crippen LogP contribution in [0.1, 0.15) is 29.3 Å². The molecule has 0 aliphatic heterocycles. The molecule has 0 aliphatic carbocycles. The number of nitrogens with two attached hydrogens (primary N) is 1. The number of halogens is 1. The summed E-state index contributed by atoms with van der Waals surface area (Å²) < 4.78 is 18.2. The van der Waals surface area contributed by atoms with Crippen LogP contribution >= 0.6 is 0 Å². The number of hydrogen-bond acceptors (Lipinski definition) is 4. The topological polar surface area (TPSA) is 64.7 Å². The van der Waals surface area contributed by atoms with E-state index in [1.807, 2.05) is 6.92 Å². The van der Waals surface area contributed by atoms with Gasteiger partial charge in [-0.15, -0.1) is 0 Å². The predicted octanol–water partition coefficient (Wildman–Crippen LogP) is 2.39. The summed E-state index contributed by atoms with van der Waals surface area (Å²) in [5.74, 6) is -1.12. The number of hydrogen-bond donors (Lipinski definition) is 1. The van der Waals surface area contributed by atoms with Crippen molar-refractivity contribution in [2.45, 2.75) is 13.3 Å². The average molecular weight is 264 g/mol. The highest BCUT2D eigenvalue weighted by Gasteiger charge is 2.12. The van der Waals surface area contributed by atoms with Gasteiger partial charge in [-0.2, -0.15) is 0 Å². The first kappa shape index (κ1) is 14.9. The number of nitrogens with zero attached hydrogens (tertiary/aromatic N) is 1. The first-order chi connectivity index (χ1) is 9.03. The zero-order chi connectivity index (χ0) is 14.4. The number of carbonyl (C=O) groups excluding carboxylic acids is 1. The maximum absolute atomic E-state index is 13.6. The van der Waals surface area contributed by atoms with Crippen molar-refractivity contribution in [3.8, 4) is 0 Å². The molecule has 0 amide bonds. The molecule has 0 bridgehead atoms. The van der Waals surface area contributed by atoms with E-state index >= 15 is 0 Å². The largest absolute Gasteiger partial charge is 0.465 e. The predicted molar refractivity (Wildman–Crippen MR) is 73.6 cm³/mol. The zero-order valence-electron chi connectivity index (χ0n) is 11.2. The van der Waals surface area contributed by atoms with Gasteiger partial charge in [-0.3, -0.25) is 4.99 Å². The number of carbonyl (C=O) groups is 1. The Morgan fingerprint density at radius 3 is 2.58 bits per heavy atom. The van der Waals surface area contributed by atoms with E-state index in [0.29, 0.717) is 23.3 Å². The summed E-state index contributed by atoms with van der Waals surface area (Å²) in [6.45, 7) is 1.89. The summed E-state index contributed by atoms with van der Waals surface area (Å²) in [6.07, 6.45) is 2.15. The van der Waals surface area contributed by atoms with Crippen LogP contribution in [0.15, 0.2) is 28.9 Å². The van der Waals surface area contributed by atoms with Gasteiger partial charge in [0, 0.05) is 24.5 Å². The van der Waals surface area contributed by atoms with Crippen molar-refractivity contribution in [3.63, 3.8) is 0 Å². The fourth-order valence-corrected chi connectivity index (χ4v) is 1.64. The van der Waals surface area contributed by atoms with E-state index in [0.717, 1.165) is 6.07 Å². The summed E-state index contributed by atoms with van der Waals surface area (Å²) in [4.78, 5) is 15.4. The number of rotatable bonds is 4. The lowest BCUT2D eigenvalue weighted by molar-refractivity contribution is 0.0600. The average Bonchev–Trinajstić information content (AvgIpc) is 2.42. The summed E-state index contributed by atoms with van der Waals surface area (Å²) in [6, 6.07) is 3.97. The Morgan fingerprint density at radius 2 is 2.05 bits per heavy atom. The minimum atomic E-state index is -0.594. The molecule has 0 atom stereocenters. The molecule has 1 aromatic carbocycles. The van der Waals surface area contributed by atoms with Crippen LogP contribution in [0.25, 0.3) is 5.57 Å². The lowest BCUT2D eigenvalue weighted by Gasteiger charge is -2.09. The second-order valence-corrected chi connectivity index (χ2v) is 3.90. The van der Waals surface area contributed by atoms with E-state index in [2.05, 4.69) is 9.73 Å². The molecule has 0 saturated carbocycles.